The molecule has 2 rings (SSSR count). The Morgan fingerprint density at radius 3 is 2.70 bits per heavy atom. The van der Waals surface area contributed by atoms with E-state index >= 15 is 0 Å². The number of pyridine rings is 1. The molecule has 106 valence electrons. The highest BCUT2D eigenvalue weighted by Gasteiger charge is 2.18. The van der Waals surface area contributed by atoms with Gasteiger partial charge in [0.2, 0.25) is 0 Å². The maximum absolute atomic E-state index is 12.3. The maximum Gasteiger partial charge on any atom is 0.264 e. The van der Waals surface area contributed by atoms with Gasteiger partial charge >= 0.3 is 0 Å². The topological polar surface area (TPSA) is 85.1 Å². The number of anilines is 2. The molecule has 0 bridgehead atoms. The minimum Gasteiger partial charge on any atom is -0.398 e. The van der Waals surface area contributed by atoms with Crippen LogP contribution in [0.25, 0.3) is 0 Å². The molecule has 1 aromatic heterocycles. The number of aryl methyl sites for hydroxylation is 1. The number of benzene rings is 1. The van der Waals surface area contributed by atoms with Crippen molar-refractivity contribution in [3.05, 3.63) is 45.7 Å². The van der Waals surface area contributed by atoms with Gasteiger partial charge in [-0.2, -0.15) is 0 Å². The van der Waals surface area contributed by atoms with Crippen LogP contribution in [-0.2, 0) is 10.0 Å². The number of nitrogen functional groups attached to an aromatic ring is 1. The number of nitrogens with two attached hydrogens (primary N) is 1. The third-order valence-corrected chi connectivity index (χ3v) is 5.03. The van der Waals surface area contributed by atoms with Crippen LogP contribution in [0.2, 0.25) is 5.02 Å². The fraction of sp³-hybridized carbons (Fsp3) is 0.0833. The zero-order valence-electron chi connectivity index (χ0n) is 10.4. The minimum atomic E-state index is -3.81. The quantitative estimate of drug-likeness (QED) is 0.636. The second-order valence-corrected chi connectivity index (χ2v) is 6.96. The summed E-state index contributed by atoms with van der Waals surface area (Å²) in [6.07, 6.45) is 1.41. The highest BCUT2D eigenvalue weighted by molar-refractivity contribution is 9.10. The summed E-state index contributed by atoms with van der Waals surface area (Å²) in [6, 6.07) is 5.94. The van der Waals surface area contributed by atoms with Crippen LogP contribution < -0.4 is 10.5 Å². The molecule has 0 unspecified atom stereocenters. The van der Waals surface area contributed by atoms with Gasteiger partial charge in [-0.3, -0.25) is 4.72 Å². The van der Waals surface area contributed by atoms with E-state index in [4.69, 9.17) is 17.3 Å². The predicted molar refractivity (Wildman–Crippen MR) is 83.3 cm³/mol. The molecule has 20 heavy (non-hydrogen) atoms. The van der Waals surface area contributed by atoms with E-state index in [0.29, 0.717) is 15.3 Å². The molecule has 0 saturated carbocycles. The summed E-state index contributed by atoms with van der Waals surface area (Å²) in [5, 5.41) is 0.296. The third kappa shape index (κ3) is 3.23. The molecular weight excluding hydrogens is 366 g/mol. The normalized spacial score (nSPS) is 11.3. The van der Waals surface area contributed by atoms with Crippen molar-refractivity contribution in [1.29, 1.82) is 0 Å². The molecule has 0 fully saturated rings. The van der Waals surface area contributed by atoms with Gasteiger partial charge in [0.05, 0.1) is 17.6 Å². The van der Waals surface area contributed by atoms with E-state index in [1.54, 1.807) is 6.07 Å². The number of halogens is 2. The molecule has 0 aliphatic heterocycles. The fourth-order valence-electron chi connectivity index (χ4n) is 1.56. The molecule has 1 aromatic carbocycles. The molecule has 5 nitrogen and oxygen atoms in total. The predicted octanol–water partition coefficient (Wildman–Crippen LogP) is 3.19. The summed E-state index contributed by atoms with van der Waals surface area (Å²) in [6.45, 7) is 1.81. The molecular formula is C12H11BrClN3O2S. The molecule has 8 heteroatoms. The number of sulfonamides is 1. The van der Waals surface area contributed by atoms with Gasteiger partial charge in [-0.05, 0) is 52.7 Å². The molecule has 0 aliphatic rings. The summed E-state index contributed by atoms with van der Waals surface area (Å²) >= 11 is 9.05. The first-order valence-electron chi connectivity index (χ1n) is 5.49. The van der Waals surface area contributed by atoms with Crippen molar-refractivity contribution in [3.63, 3.8) is 0 Å². The van der Waals surface area contributed by atoms with Crippen molar-refractivity contribution < 1.29 is 8.42 Å². The molecule has 0 radical (unpaired) electrons. The van der Waals surface area contributed by atoms with E-state index in [9.17, 15) is 8.42 Å². The first kappa shape index (κ1) is 15.1. The van der Waals surface area contributed by atoms with Crippen LogP contribution in [0.3, 0.4) is 0 Å². The highest BCUT2D eigenvalue weighted by atomic mass is 79.9. The largest absolute Gasteiger partial charge is 0.398 e. The Morgan fingerprint density at radius 1 is 1.35 bits per heavy atom. The summed E-state index contributed by atoms with van der Waals surface area (Å²) in [5.74, 6) is 0. The molecule has 0 spiro atoms. The van der Waals surface area contributed by atoms with E-state index in [0.717, 1.165) is 5.56 Å². The number of rotatable bonds is 3. The zero-order valence-corrected chi connectivity index (χ0v) is 13.6. The van der Waals surface area contributed by atoms with E-state index < -0.39 is 10.0 Å². The average molecular weight is 377 g/mol. The van der Waals surface area contributed by atoms with Crippen LogP contribution in [0.4, 0.5) is 11.4 Å². The van der Waals surface area contributed by atoms with E-state index in [-0.39, 0.29) is 10.6 Å². The van der Waals surface area contributed by atoms with Gasteiger partial charge in [0.15, 0.2) is 0 Å². The standard InChI is InChI=1S/C12H11BrClN3O2S/c1-7-4-9(6-16-12(7)13)17-20(18,19)11-5-8(14)2-3-10(11)15/h2-6,17H,15H2,1H3. The molecule has 2 aromatic rings. The van der Waals surface area contributed by atoms with Gasteiger partial charge in [0.25, 0.3) is 10.0 Å². The fourth-order valence-corrected chi connectivity index (χ4v) is 3.21. The van der Waals surface area contributed by atoms with Crippen LogP contribution in [-0.4, -0.2) is 13.4 Å². The van der Waals surface area contributed by atoms with Crippen LogP contribution >= 0.6 is 27.5 Å². The third-order valence-electron chi connectivity index (χ3n) is 2.53. The van der Waals surface area contributed by atoms with Crippen molar-refractivity contribution in [3.8, 4) is 0 Å². The molecule has 0 aliphatic carbocycles. The molecule has 0 saturated heterocycles. The van der Waals surface area contributed by atoms with Gasteiger partial charge in [-0.1, -0.05) is 11.6 Å². The number of nitrogens with zero attached hydrogens (tertiary/aromatic N) is 1. The second kappa shape index (κ2) is 5.59. The SMILES string of the molecule is Cc1cc(NS(=O)(=O)c2cc(Cl)ccc2N)cnc1Br. The van der Waals surface area contributed by atoms with Gasteiger partial charge < -0.3 is 5.73 Å². The van der Waals surface area contributed by atoms with Crippen LogP contribution in [0.5, 0.6) is 0 Å². The number of hydrogen-bond donors (Lipinski definition) is 2. The molecule has 0 amide bonds. The smallest absolute Gasteiger partial charge is 0.264 e. The van der Waals surface area contributed by atoms with Crippen LogP contribution in [0.15, 0.2) is 40.0 Å². The van der Waals surface area contributed by atoms with Crippen molar-refractivity contribution >= 4 is 48.9 Å². The molecule has 3 N–H and O–H groups in total. The summed E-state index contributed by atoms with van der Waals surface area (Å²) < 4.78 is 27.6. The first-order valence-corrected chi connectivity index (χ1v) is 8.15. The van der Waals surface area contributed by atoms with Crippen molar-refractivity contribution in [2.45, 2.75) is 11.8 Å². The van der Waals surface area contributed by atoms with Gasteiger partial charge in [0, 0.05) is 5.02 Å². The van der Waals surface area contributed by atoms with E-state index in [2.05, 4.69) is 25.6 Å². The zero-order chi connectivity index (χ0) is 14.9. The second-order valence-electron chi connectivity index (χ2n) is 4.12. The Balaban J connectivity index is 2.40. The van der Waals surface area contributed by atoms with Gasteiger partial charge in [-0.25, -0.2) is 13.4 Å². The highest BCUT2D eigenvalue weighted by Crippen LogP contribution is 2.25. The minimum absolute atomic E-state index is 0.0643. The van der Waals surface area contributed by atoms with Crippen LogP contribution in [0.1, 0.15) is 5.56 Å². The van der Waals surface area contributed by atoms with Crippen molar-refractivity contribution in [1.82, 2.24) is 4.98 Å². The Morgan fingerprint density at radius 2 is 2.05 bits per heavy atom. The Labute approximate surface area is 130 Å². The number of aromatic nitrogens is 1. The van der Waals surface area contributed by atoms with Gasteiger partial charge in [-0.15, -0.1) is 0 Å². The Kier molecular flexibility index (Phi) is 4.22. The van der Waals surface area contributed by atoms with Crippen molar-refractivity contribution in [2.75, 3.05) is 10.5 Å². The van der Waals surface area contributed by atoms with E-state index in [1.165, 1.54) is 24.4 Å². The number of nitrogens with one attached hydrogen (secondary N) is 1. The van der Waals surface area contributed by atoms with E-state index in [1.807, 2.05) is 6.92 Å². The number of hydrogen-bond acceptors (Lipinski definition) is 4. The average Bonchev–Trinajstić information content (AvgIpc) is 2.36. The first-order chi connectivity index (χ1) is 9.29. The Bertz CT molecular complexity index is 765. The van der Waals surface area contributed by atoms with Gasteiger partial charge in [0.1, 0.15) is 9.50 Å². The Hall–Kier alpha value is -1.31. The summed E-state index contributed by atoms with van der Waals surface area (Å²) in [4.78, 5) is 3.96. The summed E-state index contributed by atoms with van der Waals surface area (Å²) in [7, 11) is -3.81. The monoisotopic (exact) mass is 375 g/mol. The van der Waals surface area contributed by atoms with Crippen LogP contribution in [0, 0.1) is 6.92 Å². The lowest BCUT2D eigenvalue weighted by atomic mass is 10.3. The molecule has 1 heterocycles. The maximum atomic E-state index is 12.3. The summed E-state index contributed by atoms with van der Waals surface area (Å²) in [5.41, 5.74) is 6.97. The lowest BCUT2D eigenvalue weighted by Gasteiger charge is -2.11. The van der Waals surface area contributed by atoms with Crippen molar-refractivity contribution in [2.24, 2.45) is 0 Å². The lowest BCUT2D eigenvalue weighted by molar-refractivity contribution is 0.601. The lowest BCUT2D eigenvalue weighted by Crippen LogP contribution is -2.15. The molecule has 0 atom stereocenters.